The SMILES string of the molecule is CCO[SiH](OCC)c1ccc(-c2cc(F)c(F)c(F)c2)cc1. The Labute approximate surface area is 129 Å². The molecule has 0 aliphatic carbocycles. The van der Waals surface area contributed by atoms with Gasteiger partial charge in [0.05, 0.1) is 0 Å². The first-order chi connectivity index (χ1) is 10.6. The first-order valence-corrected chi connectivity index (χ1v) is 8.56. The Morgan fingerprint density at radius 2 is 1.32 bits per heavy atom. The molecule has 2 rings (SSSR count). The van der Waals surface area contributed by atoms with Crippen molar-refractivity contribution in [3.63, 3.8) is 0 Å². The van der Waals surface area contributed by atoms with Crippen LogP contribution in [0.3, 0.4) is 0 Å². The van der Waals surface area contributed by atoms with Crippen molar-refractivity contribution in [2.75, 3.05) is 13.2 Å². The van der Waals surface area contributed by atoms with Gasteiger partial charge in [0.15, 0.2) is 17.5 Å². The molecule has 0 atom stereocenters. The maximum absolute atomic E-state index is 13.3. The van der Waals surface area contributed by atoms with Gasteiger partial charge in [-0.2, -0.15) is 0 Å². The monoisotopic (exact) mass is 326 g/mol. The van der Waals surface area contributed by atoms with Crippen LogP contribution in [0.5, 0.6) is 0 Å². The Morgan fingerprint density at radius 1 is 0.818 bits per heavy atom. The van der Waals surface area contributed by atoms with E-state index in [4.69, 9.17) is 8.85 Å². The van der Waals surface area contributed by atoms with Crippen molar-refractivity contribution in [3.8, 4) is 11.1 Å². The molecule has 0 amide bonds. The predicted molar refractivity (Wildman–Crippen MR) is 81.8 cm³/mol. The molecule has 2 nitrogen and oxygen atoms in total. The van der Waals surface area contributed by atoms with Gasteiger partial charge in [-0.05, 0) is 42.3 Å². The normalized spacial score (nSPS) is 11.2. The Balaban J connectivity index is 2.28. The molecule has 0 spiro atoms. The molecule has 0 aliphatic rings. The third-order valence-corrected chi connectivity index (χ3v) is 5.34. The van der Waals surface area contributed by atoms with E-state index in [1.807, 2.05) is 26.0 Å². The lowest BCUT2D eigenvalue weighted by molar-refractivity contribution is 0.225. The average molecular weight is 326 g/mol. The van der Waals surface area contributed by atoms with Gasteiger partial charge in [0.25, 0.3) is 0 Å². The van der Waals surface area contributed by atoms with Gasteiger partial charge in [-0.3, -0.25) is 0 Å². The minimum absolute atomic E-state index is 0.286. The van der Waals surface area contributed by atoms with Gasteiger partial charge in [0, 0.05) is 13.2 Å². The molecular weight excluding hydrogens is 309 g/mol. The summed E-state index contributed by atoms with van der Waals surface area (Å²) in [6, 6.07) is 9.03. The Hall–Kier alpha value is -1.63. The molecule has 0 aromatic heterocycles. The summed E-state index contributed by atoms with van der Waals surface area (Å²) in [5.74, 6) is -3.86. The van der Waals surface area contributed by atoms with Crippen molar-refractivity contribution in [3.05, 3.63) is 53.8 Å². The van der Waals surface area contributed by atoms with E-state index in [-0.39, 0.29) is 5.56 Å². The highest BCUT2D eigenvalue weighted by Gasteiger charge is 2.16. The third-order valence-electron chi connectivity index (χ3n) is 3.14. The minimum atomic E-state index is -1.94. The van der Waals surface area contributed by atoms with Crippen LogP contribution in [0.2, 0.25) is 0 Å². The maximum atomic E-state index is 13.3. The van der Waals surface area contributed by atoms with Crippen molar-refractivity contribution in [2.24, 2.45) is 0 Å². The van der Waals surface area contributed by atoms with Crippen molar-refractivity contribution in [1.82, 2.24) is 0 Å². The van der Waals surface area contributed by atoms with Crippen LogP contribution in [-0.4, -0.2) is 22.5 Å². The molecular formula is C16H17F3O2Si. The topological polar surface area (TPSA) is 18.5 Å². The lowest BCUT2D eigenvalue weighted by Crippen LogP contribution is -2.36. The summed E-state index contributed by atoms with van der Waals surface area (Å²) in [4.78, 5) is 0. The van der Waals surface area contributed by atoms with Gasteiger partial charge >= 0.3 is 9.28 Å². The fourth-order valence-corrected chi connectivity index (χ4v) is 3.69. The van der Waals surface area contributed by atoms with E-state index < -0.39 is 26.7 Å². The zero-order chi connectivity index (χ0) is 16.1. The van der Waals surface area contributed by atoms with E-state index in [1.165, 1.54) is 0 Å². The first kappa shape index (κ1) is 16.7. The zero-order valence-electron chi connectivity index (χ0n) is 12.4. The number of benzene rings is 2. The van der Waals surface area contributed by atoms with Crippen LogP contribution in [0.4, 0.5) is 13.2 Å². The largest absolute Gasteiger partial charge is 0.394 e. The Kier molecular flexibility index (Phi) is 5.76. The van der Waals surface area contributed by atoms with Gasteiger partial charge in [-0.1, -0.05) is 24.3 Å². The standard InChI is InChI=1S/C16H17F3O2Si/c1-3-20-22(21-4-2)13-7-5-11(6-8-13)12-9-14(17)16(19)15(18)10-12/h5-10,22H,3-4H2,1-2H3. The molecule has 0 radical (unpaired) electrons. The van der Waals surface area contributed by atoms with E-state index in [0.717, 1.165) is 17.3 Å². The number of hydrogen-bond acceptors (Lipinski definition) is 2. The van der Waals surface area contributed by atoms with Gasteiger partial charge in [0.2, 0.25) is 0 Å². The van der Waals surface area contributed by atoms with Gasteiger partial charge in [-0.15, -0.1) is 0 Å². The van der Waals surface area contributed by atoms with Gasteiger partial charge < -0.3 is 8.85 Å². The van der Waals surface area contributed by atoms with Gasteiger partial charge in [0.1, 0.15) is 0 Å². The van der Waals surface area contributed by atoms with E-state index in [0.29, 0.717) is 18.8 Å². The van der Waals surface area contributed by atoms with Crippen LogP contribution in [0.25, 0.3) is 11.1 Å². The molecule has 0 fully saturated rings. The van der Waals surface area contributed by atoms with Crippen molar-refractivity contribution < 1.29 is 22.0 Å². The second-order valence-corrected chi connectivity index (χ2v) is 6.62. The molecule has 0 bridgehead atoms. The molecule has 0 unspecified atom stereocenters. The van der Waals surface area contributed by atoms with Crippen LogP contribution < -0.4 is 5.19 Å². The molecule has 6 heteroatoms. The smallest absolute Gasteiger partial charge is 0.355 e. The van der Waals surface area contributed by atoms with Crippen LogP contribution in [0.1, 0.15) is 13.8 Å². The average Bonchev–Trinajstić information content (AvgIpc) is 2.52. The first-order valence-electron chi connectivity index (χ1n) is 7.04. The summed E-state index contributed by atoms with van der Waals surface area (Å²) >= 11 is 0. The fraction of sp³-hybridized carbons (Fsp3) is 0.250. The summed E-state index contributed by atoms with van der Waals surface area (Å²) in [6.45, 7) is 4.93. The molecule has 22 heavy (non-hydrogen) atoms. The number of hydrogen-bond donors (Lipinski definition) is 0. The van der Waals surface area contributed by atoms with Gasteiger partial charge in [-0.25, -0.2) is 13.2 Å². The van der Waals surface area contributed by atoms with E-state index in [2.05, 4.69) is 0 Å². The van der Waals surface area contributed by atoms with E-state index >= 15 is 0 Å². The molecule has 0 N–H and O–H groups in total. The Morgan fingerprint density at radius 3 is 1.77 bits per heavy atom. The Bertz CT molecular complexity index is 603. The van der Waals surface area contributed by atoms with E-state index in [1.54, 1.807) is 12.1 Å². The zero-order valence-corrected chi connectivity index (χ0v) is 13.6. The van der Waals surface area contributed by atoms with Crippen molar-refractivity contribution >= 4 is 14.5 Å². The van der Waals surface area contributed by atoms with Crippen molar-refractivity contribution in [2.45, 2.75) is 13.8 Å². The summed E-state index contributed by atoms with van der Waals surface area (Å²) in [5, 5.41) is 0.940. The fourth-order valence-electron chi connectivity index (χ4n) is 2.10. The highest BCUT2D eigenvalue weighted by atomic mass is 28.3. The second kappa shape index (κ2) is 7.58. The summed E-state index contributed by atoms with van der Waals surface area (Å²) < 4.78 is 50.8. The molecule has 2 aromatic carbocycles. The predicted octanol–water partition coefficient (Wildman–Crippen LogP) is 3.27. The van der Waals surface area contributed by atoms with Crippen LogP contribution >= 0.6 is 0 Å². The summed E-state index contributed by atoms with van der Waals surface area (Å²) in [5.41, 5.74) is 0.885. The quantitative estimate of drug-likeness (QED) is 0.599. The van der Waals surface area contributed by atoms with E-state index in [9.17, 15) is 13.2 Å². The maximum Gasteiger partial charge on any atom is 0.355 e. The molecule has 0 heterocycles. The minimum Gasteiger partial charge on any atom is -0.394 e. The molecule has 2 aromatic rings. The second-order valence-electron chi connectivity index (χ2n) is 4.62. The third kappa shape index (κ3) is 3.76. The van der Waals surface area contributed by atoms with Crippen LogP contribution in [-0.2, 0) is 8.85 Å². The summed E-state index contributed by atoms with van der Waals surface area (Å²) in [7, 11) is -1.94. The number of halogens is 3. The highest BCUT2D eigenvalue weighted by molar-refractivity contribution is 6.61. The van der Waals surface area contributed by atoms with Crippen LogP contribution in [0.15, 0.2) is 36.4 Å². The lowest BCUT2D eigenvalue weighted by atomic mass is 10.1. The highest BCUT2D eigenvalue weighted by Crippen LogP contribution is 2.23. The van der Waals surface area contributed by atoms with Crippen LogP contribution in [0, 0.1) is 17.5 Å². The lowest BCUT2D eigenvalue weighted by Gasteiger charge is -2.15. The van der Waals surface area contributed by atoms with Crippen molar-refractivity contribution in [1.29, 1.82) is 0 Å². The number of rotatable bonds is 6. The molecule has 0 saturated carbocycles. The molecule has 118 valence electrons. The molecule has 0 saturated heterocycles. The molecule has 0 aliphatic heterocycles. The summed E-state index contributed by atoms with van der Waals surface area (Å²) in [6.07, 6.45) is 0.